The van der Waals surface area contributed by atoms with E-state index in [1.807, 2.05) is 0 Å². The second kappa shape index (κ2) is 4.21. The minimum atomic E-state index is 0.666. The minimum absolute atomic E-state index is 0.666. The van der Waals surface area contributed by atoms with Crippen LogP contribution >= 0.6 is 0 Å². The lowest BCUT2D eigenvalue weighted by atomic mass is 9.97. The van der Waals surface area contributed by atoms with E-state index in [1.54, 1.807) is 0 Å². The summed E-state index contributed by atoms with van der Waals surface area (Å²) in [5.74, 6) is 0. The van der Waals surface area contributed by atoms with E-state index in [4.69, 9.17) is 0 Å². The summed E-state index contributed by atoms with van der Waals surface area (Å²) in [6, 6.07) is 1.38. The lowest BCUT2D eigenvalue weighted by Gasteiger charge is -2.34. The quantitative estimate of drug-likeness (QED) is 0.504. The third-order valence-corrected chi connectivity index (χ3v) is 2.91. The standard InChI is InChI=1S/C9H19N3/c1-2-4-11-8(3-1)9-7-10-5-6-12-9/h8-12H,1-7H2. The van der Waals surface area contributed by atoms with Gasteiger partial charge in [0.15, 0.2) is 0 Å². The zero-order chi connectivity index (χ0) is 8.23. The number of piperidine rings is 1. The minimum Gasteiger partial charge on any atom is -0.314 e. The van der Waals surface area contributed by atoms with Crippen LogP contribution in [-0.2, 0) is 0 Å². The molecule has 0 radical (unpaired) electrons. The molecule has 3 nitrogen and oxygen atoms in total. The van der Waals surface area contributed by atoms with Gasteiger partial charge >= 0.3 is 0 Å². The molecule has 0 saturated carbocycles. The van der Waals surface area contributed by atoms with Crippen molar-refractivity contribution in [1.82, 2.24) is 16.0 Å². The first kappa shape index (κ1) is 8.48. The third-order valence-electron chi connectivity index (χ3n) is 2.91. The molecule has 3 heteroatoms. The van der Waals surface area contributed by atoms with Gasteiger partial charge in [0.25, 0.3) is 0 Å². The Bertz CT molecular complexity index is 110. The van der Waals surface area contributed by atoms with E-state index < -0.39 is 0 Å². The molecule has 2 fully saturated rings. The summed E-state index contributed by atoms with van der Waals surface area (Å²) in [4.78, 5) is 0. The Hall–Kier alpha value is -0.120. The van der Waals surface area contributed by atoms with Crippen LogP contribution < -0.4 is 16.0 Å². The predicted octanol–water partition coefficient (Wildman–Crippen LogP) is -0.310. The van der Waals surface area contributed by atoms with E-state index in [0.717, 1.165) is 19.6 Å². The highest BCUT2D eigenvalue weighted by Crippen LogP contribution is 2.10. The molecule has 0 aliphatic carbocycles. The van der Waals surface area contributed by atoms with Gasteiger partial charge in [-0.05, 0) is 19.4 Å². The number of nitrogens with one attached hydrogen (secondary N) is 3. The van der Waals surface area contributed by atoms with Gasteiger partial charge in [0.1, 0.15) is 0 Å². The molecule has 0 aromatic rings. The van der Waals surface area contributed by atoms with Gasteiger partial charge in [0, 0.05) is 31.7 Å². The molecule has 2 aliphatic rings. The average Bonchev–Trinajstić information content (AvgIpc) is 2.21. The van der Waals surface area contributed by atoms with E-state index in [1.165, 1.54) is 25.8 Å². The summed E-state index contributed by atoms with van der Waals surface area (Å²) in [5, 5.41) is 10.6. The Kier molecular flexibility index (Phi) is 2.98. The van der Waals surface area contributed by atoms with Crippen LogP contribution in [0.2, 0.25) is 0 Å². The number of hydrogen-bond acceptors (Lipinski definition) is 3. The van der Waals surface area contributed by atoms with Crippen LogP contribution in [0.4, 0.5) is 0 Å². The summed E-state index contributed by atoms with van der Waals surface area (Å²) in [6.45, 7) is 4.60. The van der Waals surface area contributed by atoms with Crippen LogP contribution in [0.1, 0.15) is 19.3 Å². The van der Waals surface area contributed by atoms with Gasteiger partial charge in [-0.1, -0.05) is 6.42 Å². The molecule has 2 unspecified atom stereocenters. The summed E-state index contributed by atoms with van der Waals surface area (Å²) in [6.07, 6.45) is 4.10. The summed E-state index contributed by atoms with van der Waals surface area (Å²) >= 11 is 0. The van der Waals surface area contributed by atoms with Gasteiger partial charge in [-0.25, -0.2) is 0 Å². The molecule has 0 bridgehead atoms. The third kappa shape index (κ3) is 1.97. The highest BCUT2D eigenvalue weighted by atomic mass is 15.1. The molecule has 0 aromatic carbocycles. The first-order valence-corrected chi connectivity index (χ1v) is 5.14. The van der Waals surface area contributed by atoms with Crippen molar-refractivity contribution in [3.63, 3.8) is 0 Å². The zero-order valence-corrected chi connectivity index (χ0v) is 7.60. The second-order valence-corrected chi connectivity index (χ2v) is 3.82. The molecule has 2 saturated heterocycles. The van der Waals surface area contributed by atoms with Crippen LogP contribution in [0.3, 0.4) is 0 Å². The van der Waals surface area contributed by atoms with E-state index in [2.05, 4.69) is 16.0 Å². The van der Waals surface area contributed by atoms with Crippen molar-refractivity contribution in [1.29, 1.82) is 0 Å². The van der Waals surface area contributed by atoms with E-state index in [9.17, 15) is 0 Å². The first-order chi connectivity index (χ1) is 5.97. The van der Waals surface area contributed by atoms with Crippen LogP contribution in [0.25, 0.3) is 0 Å². The average molecular weight is 169 g/mol. The first-order valence-electron chi connectivity index (χ1n) is 5.14. The largest absolute Gasteiger partial charge is 0.314 e. The molecule has 12 heavy (non-hydrogen) atoms. The van der Waals surface area contributed by atoms with Crippen molar-refractivity contribution in [3.05, 3.63) is 0 Å². The Morgan fingerprint density at radius 2 is 1.75 bits per heavy atom. The van der Waals surface area contributed by atoms with Crippen LogP contribution in [0, 0.1) is 0 Å². The smallest absolute Gasteiger partial charge is 0.0347 e. The van der Waals surface area contributed by atoms with Gasteiger partial charge in [-0.3, -0.25) is 0 Å². The Labute approximate surface area is 74.3 Å². The van der Waals surface area contributed by atoms with Crippen molar-refractivity contribution in [2.75, 3.05) is 26.2 Å². The SMILES string of the molecule is C1CCC(C2CNCCN2)NC1. The van der Waals surface area contributed by atoms with Crippen molar-refractivity contribution in [2.45, 2.75) is 31.3 Å². The molecule has 2 aliphatic heterocycles. The van der Waals surface area contributed by atoms with Gasteiger partial charge in [-0.2, -0.15) is 0 Å². The second-order valence-electron chi connectivity index (χ2n) is 3.82. The monoisotopic (exact) mass is 169 g/mol. The Morgan fingerprint density at radius 1 is 0.833 bits per heavy atom. The number of piperazine rings is 1. The van der Waals surface area contributed by atoms with E-state index in [0.29, 0.717) is 12.1 Å². The van der Waals surface area contributed by atoms with Crippen LogP contribution in [0.15, 0.2) is 0 Å². The molecule has 0 spiro atoms. The van der Waals surface area contributed by atoms with E-state index >= 15 is 0 Å². The van der Waals surface area contributed by atoms with Gasteiger partial charge in [-0.15, -0.1) is 0 Å². The predicted molar refractivity (Wildman–Crippen MR) is 50.3 cm³/mol. The normalized spacial score (nSPS) is 38.0. The van der Waals surface area contributed by atoms with Gasteiger partial charge < -0.3 is 16.0 Å². The maximum absolute atomic E-state index is 3.59. The Morgan fingerprint density at radius 3 is 2.42 bits per heavy atom. The van der Waals surface area contributed by atoms with Crippen molar-refractivity contribution in [2.24, 2.45) is 0 Å². The van der Waals surface area contributed by atoms with Crippen molar-refractivity contribution < 1.29 is 0 Å². The summed E-state index contributed by atoms with van der Waals surface area (Å²) < 4.78 is 0. The maximum Gasteiger partial charge on any atom is 0.0347 e. The molecular weight excluding hydrogens is 150 g/mol. The molecular formula is C9H19N3. The van der Waals surface area contributed by atoms with Gasteiger partial charge in [0.2, 0.25) is 0 Å². The van der Waals surface area contributed by atoms with Crippen LogP contribution in [0.5, 0.6) is 0 Å². The van der Waals surface area contributed by atoms with Gasteiger partial charge in [0.05, 0.1) is 0 Å². The topological polar surface area (TPSA) is 36.1 Å². The molecule has 2 heterocycles. The summed E-state index contributed by atoms with van der Waals surface area (Å²) in [7, 11) is 0. The molecule has 0 aromatic heterocycles. The lowest BCUT2D eigenvalue weighted by molar-refractivity contribution is 0.283. The zero-order valence-electron chi connectivity index (χ0n) is 7.60. The fourth-order valence-electron chi connectivity index (χ4n) is 2.18. The fourth-order valence-corrected chi connectivity index (χ4v) is 2.18. The number of rotatable bonds is 1. The Balaban J connectivity index is 1.80. The van der Waals surface area contributed by atoms with Crippen molar-refractivity contribution >= 4 is 0 Å². The highest BCUT2D eigenvalue weighted by Gasteiger charge is 2.23. The van der Waals surface area contributed by atoms with Crippen molar-refractivity contribution in [3.8, 4) is 0 Å². The molecule has 70 valence electrons. The lowest BCUT2D eigenvalue weighted by Crippen LogP contribution is -2.58. The van der Waals surface area contributed by atoms with Crippen LogP contribution in [-0.4, -0.2) is 38.3 Å². The fraction of sp³-hybridized carbons (Fsp3) is 1.00. The molecule has 2 atom stereocenters. The maximum atomic E-state index is 3.59. The molecule has 0 amide bonds. The molecule has 3 N–H and O–H groups in total. The number of hydrogen-bond donors (Lipinski definition) is 3. The molecule has 2 rings (SSSR count). The highest BCUT2D eigenvalue weighted by molar-refractivity contribution is 4.88. The summed E-state index contributed by atoms with van der Waals surface area (Å²) in [5.41, 5.74) is 0. The van der Waals surface area contributed by atoms with E-state index in [-0.39, 0.29) is 0 Å².